The summed E-state index contributed by atoms with van der Waals surface area (Å²) < 4.78 is 11.5. The van der Waals surface area contributed by atoms with Crippen LogP contribution in [-0.2, 0) is 0 Å². The SMILES string of the molecule is CCCCCCOc1ccc(C(=O)NC(=S)Nc2cccc(OCCCCCC)c2)cc1. The molecule has 6 heteroatoms. The first-order valence-electron chi connectivity index (χ1n) is 11.7. The molecule has 0 radical (unpaired) electrons. The molecule has 0 fully saturated rings. The third-order valence-electron chi connectivity index (χ3n) is 4.97. The van der Waals surface area contributed by atoms with Crippen LogP contribution >= 0.6 is 12.2 Å². The highest BCUT2D eigenvalue weighted by Gasteiger charge is 2.09. The van der Waals surface area contributed by atoms with Crippen molar-refractivity contribution in [3.05, 3.63) is 54.1 Å². The summed E-state index contributed by atoms with van der Waals surface area (Å²) in [4.78, 5) is 12.5. The van der Waals surface area contributed by atoms with Crippen molar-refractivity contribution in [2.75, 3.05) is 18.5 Å². The van der Waals surface area contributed by atoms with Gasteiger partial charge < -0.3 is 14.8 Å². The van der Waals surface area contributed by atoms with Crippen LogP contribution in [0.2, 0.25) is 0 Å². The predicted molar refractivity (Wildman–Crippen MR) is 136 cm³/mol. The van der Waals surface area contributed by atoms with Crippen molar-refractivity contribution >= 4 is 28.9 Å². The maximum Gasteiger partial charge on any atom is 0.257 e. The van der Waals surface area contributed by atoms with Gasteiger partial charge >= 0.3 is 0 Å². The first-order chi connectivity index (χ1) is 15.6. The van der Waals surface area contributed by atoms with Gasteiger partial charge in [-0.1, -0.05) is 58.4 Å². The molecule has 2 N–H and O–H groups in total. The fourth-order valence-electron chi connectivity index (χ4n) is 3.14. The number of ether oxygens (including phenoxy) is 2. The maximum absolute atomic E-state index is 12.5. The highest BCUT2D eigenvalue weighted by Crippen LogP contribution is 2.18. The lowest BCUT2D eigenvalue weighted by Crippen LogP contribution is -2.34. The van der Waals surface area contributed by atoms with Crippen LogP contribution in [-0.4, -0.2) is 24.2 Å². The molecule has 0 aliphatic rings. The van der Waals surface area contributed by atoms with E-state index in [-0.39, 0.29) is 11.0 Å². The van der Waals surface area contributed by atoms with Crippen LogP contribution < -0.4 is 20.1 Å². The summed E-state index contributed by atoms with van der Waals surface area (Å²) in [5.74, 6) is 1.29. The van der Waals surface area contributed by atoms with Gasteiger partial charge in [-0.2, -0.15) is 0 Å². The minimum Gasteiger partial charge on any atom is -0.494 e. The van der Waals surface area contributed by atoms with E-state index in [0.29, 0.717) is 18.8 Å². The molecule has 2 rings (SSSR count). The zero-order chi connectivity index (χ0) is 23.0. The van der Waals surface area contributed by atoms with Crippen molar-refractivity contribution in [1.29, 1.82) is 0 Å². The number of hydrogen-bond donors (Lipinski definition) is 2. The van der Waals surface area contributed by atoms with Gasteiger partial charge in [-0.25, -0.2) is 0 Å². The van der Waals surface area contributed by atoms with Gasteiger partial charge in [-0.15, -0.1) is 0 Å². The highest BCUT2D eigenvalue weighted by atomic mass is 32.1. The summed E-state index contributed by atoms with van der Waals surface area (Å²) in [6.45, 7) is 5.77. The molecule has 0 bridgehead atoms. The number of carbonyl (C=O) groups is 1. The molecule has 0 spiro atoms. The molecule has 0 aliphatic heterocycles. The van der Waals surface area contributed by atoms with Gasteiger partial charge in [0.25, 0.3) is 5.91 Å². The van der Waals surface area contributed by atoms with Crippen LogP contribution in [0.15, 0.2) is 48.5 Å². The molecule has 0 atom stereocenters. The fraction of sp³-hybridized carbons (Fsp3) is 0.462. The van der Waals surface area contributed by atoms with Gasteiger partial charge in [0, 0.05) is 17.3 Å². The Labute approximate surface area is 197 Å². The second-order valence-electron chi connectivity index (χ2n) is 7.78. The zero-order valence-corrected chi connectivity index (χ0v) is 20.1. The topological polar surface area (TPSA) is 59.6 Å². The lowest BCUT2D eigenvalue weighted by Gasteiger charge is -2.12. The van der Waals surface area contributed by atoms with Crippen LogP contribution in [0, 0.1) is 0 Å². The van der Waals surface area contributed by atoms with Crippen molar-refractivity contribution in [2.24, 2.45) is 0 Å². The van der Waals surface area contributed by atoms with E-state index in [9.17, 15) is 4.79 Å². The van der Waals surface area contributed by atoms with Crippen LogP contribution in [0.3, 0.4) is 0 Å². The molecule has 32 heavy (non-hydrogen) atoms. The van der Waals surface area contributed by atoms with E-state index in [1.54, 1.807) is 12.1 Å². The Bertz CT molecular complexity index is 824. The molecule has 0 aromatic heterocycles. The average molecular weight is 457 g/mol. The number of rotatable bonds is 14. The van der Waals surface area contributed by atoms with E-state index in [0.717, 1.165) is 30.0 Å². The molecule has 1 amide bonds. The van der Waals surface area contributed by atoms with Gasteiger partial charge in [-0.05, 0) is 61.5 Å². The molecular formula is C26H36N2O3S. The molecule has 2 aromatic carbocycles. The molecule has 174 valence electrons. The summed E-state index contributed by atoms with van der Waals surface area (Å²) in [6.07, 6.45) is 9.31. The van der Waals surface area contributed by atoms with Crippen molar-refractivity contribution in [1.82, 2.24) is 5.32 Å². The Morgan fingerprint density at radius 3 is 2.06 bits per heavy atom. The van der Waals surface area contributed by atoms with E-state index in [4.69, 9.17) is 21.7 Å². The summed E-state index contributed by atoms with van der Waals surface area (Å²) in [5.41, 5.74) is 1.30. The maximum atomic E-state index is 12.5. The minimum absolute atomic E-state index is 0.242. The largest absolute Gasteiger partial charge is 0.494 e. The van der Waals surface area contributed by atoms with E-state index in [2.05, 4.69) is 24.5 Å². The monoisotopic (exact) mass is 456 g/mol. The standard InChI is InChI=1S/C26H36N2O3S/c1-3-5-7-9-18-30-23-16-14-21(15-17-23)25(29)28-26(32)27-22-12-11-13-24(20-22)31-19-10-8-6-4-2/h11-17,20H,3-10,18-19H2,1-2H3,(H2,27,28,29,32). The lowest BCUT2D eigenvalue weighted by molar-refractivity contribution is 0.0977. The summed E-state index contributed by atoms with van der Waals surface area (Å²) >= 11 is 5.30. The number of benzene rings is 2. The molecule has 0 saturated heterocycles. The molecule has 0 aliphatic carbocycles. The van der Waals surface area contributed by atoms with Crippen molar-refractivity contribution < 1.29 is 14.3 Å². The molecule has 0 unspecified atom stereocenters. The number of hydrogen-bond acceptors (Lipinski definition) is 4. The third kappa shape index (κ3) is 10.1. The van der Waals surface area contributed by atoms with E-state index in [1.165, 1.54) is 38.5 Å². The fourth-order valence-corrected chi connectivity index (χ4v) is 3.35. The summed E-state index contributed by atoms with van der Waals surface area (Å²) in [7, 11) is 0. The second kappa shape index (κ2) is 15.2. The Morgan fingerprint density at radius 1 is 0.812 bits per heavy atom. The van der Waals surface area contributed by atoms with Crippen LogP contribution in [0.25, 0.3) is 0 Å². The lowest BCUT2D eigenvalue weighted by atomic mass is 10.2. The quantitative estimate of drug-likeness (QED) is 0.244. The van der Waals surface area contributed by atoms with E-state index >= 15 is 0 Å². The normalized spacial score (nSPS) is 10.4. The number of unbranched alkanes of at least 4 members (excludes halogenated alkanes) is 6. The number of amides is 1. The van der Waals surface area contributed by atoms with Crippen LogP contribution in [0.1, 0.15) is 75.6 Å². The Balaban J connectivity index is 1.76. The smallest absolute Gasteiger partial charge is 0.257 e. The first kappa shape index (κ1) is 25.7. The minimum atomic E-state index is -0.264. The third-order valence-corrected chi connectivity index (χ3v) is 5.17. The van der Waals surface area contributed by atoms with Gasteiger partial charge in [0.1, 0.15) is 11.5 Å². The van der Waals surface area contributed by atoms with Crippen LogP contribution in [0.4, 0.5) is 5.69 Å². The zero-order valence-electron chi connectivity index (χ0n) is 19.3. The van der Waals surface area contributed by atoms with Crippen molar-refractivity contribution in [3.63, 3.8) is 0 Å². The average Bonchev–Trinajstić information content (AvgIpc) is 2.79. The predicted octanol–water partition coefficient (Wildman–Crippen LogP) is 6.73. The van der Waals surface area contributed by atoms with Crippen molar-refractivity contribution in [2.45, 2.75) is 65.2 Å². The molecule has 0 heterocycles. The summed E-state index contributed by atoms with van der Waals surface area (Å²) in [6, 6.07) is 14.7. The number of nitrogens with one attached hydrogen (secondary N) is 2. The van der Waals surface area contributed by atoms with Crippen LogP contribution in [0.5, 0.6) is 11.5 Å². The number of thiocarbonyl (C=S) groups is 1. The van der Waals surface area contributed by atoms with Gasteiger partial charge in [0.05, 0.1) is 13.2 Å². The number of anilines is 1. The molecule has 2 aromatic rings. The Hall–Kier alpha value is -2.60. The van der Waals surface area contributed by atoms with Gasteiger partial charge in [0.2, 0.25) is 0 Å². The molecular weight excluding hydrogens is 420 g/mol. The highest BCUT2D eigenvalue weighted by molar-refractivity contribution is 7.80. The molecule has 5 nitrogen and oxygen atoms in total. The second-order valence-corrected chi connectivity index (χ2v) is 8.19. The Morgan fingerprint density at radius 2 is 1.44 bits per heavy atom. The van der Waals surface area contributed by atoms with Crippen molar-refractivity contribution in [3.8, 4) is 11.5 Å². The molecule has 0 saturated carbocycles. The number of carbonyl (C=O) groups excluding carboxylic acids is 1. The van der Waals surface area contributed by atoms with E-state index in [1.807, 2.05) is 36.4 Å². The summed E-state index contributed by atoms with van der Waals surface area (Å²) in [5, 5.41) is 6.00. The Kier molecular flexibility index (Phi) is 12.2. The van der Waals surface area contributed by atoms with Gasteiger partial charge in [0.15, 0.2) is 5.11 Å². The van der Waals surface area contributed by atoms with E-state index < -0.39 is 0 Å². The van der Waals surface area contributed by atoms with Gasteiger partial charge in [-0.3, -0.25) is 10.1 Å². The first-order valence-corrected chi connectivity index (χ1v) is 12.1.